The van der Waals surface area contributed by atoms with Crippen LogP contribution in [0, 0.1) is 0 Å². The van der Waals surface area contributed by atoms with Crippen molar-refractivity contribution in [2.45, 2.75) is 0 Å². The summed E-state index contributed by atoms with van der Waals surface area (Å²) in [4.78, 5) is 4.59. The Balaban J connectivity index is 1.27. The maximum atomic E-state index is 2.35. The molecule has 0 aliphatic heterocycles. The summed E-state index contributed by atoms with van der Waals surface area (Å²) in [5.74, 6) is 0. The Morgan fingerprint density at radius 2 is 0.805 bits per heavy atom. The van der Waals surface area contributed by atoms with Crippen molar-refractivity contribution in [2.24, 2.45) is 0 Å². The number of nitrogens with zero attached hydrogens (tertiary/aromatic N) is 2. The van der Waals surface area contributed by atoms with Gasteiger partial charge in [0, 0.05) is 35.5 Å². The summed E-state index contributed by atoms with van der Waals surface area (Å²) in [6.07, 6.45) is 0. The molecule has 0 bridgehead atoms. The van der Waals surface area contributed by atoms with Gasteiger partial charge in [-0.25, -0.2) is 0 Å². The van der Waals surface area contributed by atoms with Crippen molar-refractivity contribution in [1.82, 2.24) is 0 Å². The van der Waals surface area contributed by atoms with Gasteiger partial charge in [0.1, 0.15) is 0 Å². The molecule has 0 saturated heterocycles. The average Bonchev–Trinajstić information content (AvgIpc) is 3.05. The second-order valence-corrected chi connectivity index (χ2v) is 10.4. The Hall–Kier alpha value is -5.34. The van der Waals surface area contributed by atoms with E-state index in [0.717, 1.165) is 28.4 Å². The smallest absolute Gasteiger partial charge is 0.0468 e. The van der Waals surface area contributed by atoms with E-state index in [1.807, 2.05) is 0 Å². The molecule has 7 rings (SSSR count). The standard InChI is InChI=1S/C39H30N2/c1-40(37-17-9-16-34(26-37)29-10-3-2-4-11-29)35-22-24-36(25-23-35)41(38-20-18-30-12-5-7-14-32(30)27-38)39-21-19-31-13-6-8-15-33(31)28-39/h2-28H,1H3. The zero-order valence-electron chi connectivity index (χ0n) is 23.0. The summed E-state index contributed by atoms with van der Waals surface area (Å²) in [6, 6.07) is 58.6. The van der Waals surface area contributed by atoms with E-state index in [0.29, 0.717) is 0 Å². The van der Waals surface area contributed by atoms with E-state index in [1.54, 1.807) is 0 Å². The monoisotopic (exact) mass is 526 g/mol. The lowest BCUT2D eigenvalue weighted by Crippen LogP contribution is -2.12. The molecule has 41 heavy (non-hydrogen) atoms. The minimum absolute atomic E-state index is 1.12. The number of benzene rings is 7. The summed E-state index contributed by atoms with van der Waals surface area (Å²) < 4.78 is 0. The van der Waals surface area contributed by atoms with Crippen molar-refractivity contribution in [3.8, 4) is 11.1 Å². The van der Waals surface area contributed by atoms with E-state index in [-0.39, 0.29) is 0 Å². The number of hydrogen-bond acceptors (Lipinski definition) is 2. The predicted octanol–water partition coefficient (Wildman–Crippen LogP) is 10.9. The van der Waals surface area contributed by atoms with Crippen LogP contribution in [0.25, 0.3) is 32.7 Å². The fourth-order valence-corrected chi connectivity index (χ4v) is 5.58. The van der Waals surface area contributed by atoms with Crippen LogP contribution in [0.5, 0.6) is 0 Å². The number of rotatable bonds is 6. The van der Waals surface area contributed by atoms with Crippen molar-refractivity contribution in [1.29, 1.82) is 0 Å². The van der Waals surface area contributed by atoms with Crippen LogP contribution in [0.2, 0.25) is 0 Å². The maximum absolute atomic E-state index is 2.35. The zero-order chi connectivity index (χ0) is 27.6. The molecule has 0 saturated carbocycles. The molecule has 0 amide bonds. The highest BCUT2D eigenvalue weighted by atomic mass is 15.1. The third kappa shape index (κ3) is 4.92. The molecular weight excluding hydrogens is 496 g/mol. The minimum Gasteiger partial charge on any atom is -0.345 e. The first-order valence-corrected chi connectivity index (χ1v) is 14.0. The second-order valence-electron chi connectivity index (χ2n) is 10.4. The van der Waals surface area contributed by atoms with Gasteiger partial charge in [-0.1, -0.05) is 103 Å². The molecule has 2 heteroatoms. The molecule has 0 radical (unpaired) electrons. The fourth-order valence-electron chi connectivity index (χ4n) is 5.58. The molecule has 0 aliphatic rings. The van der Waals surface area contributed by atoms with Crippen LogP contribution < -0.4 is 9.80 Å². The van der Waals surface area contributed by atoms with Crippen LogP contribution in [0.15, 0.2) is 164 Å². The summed E-state index contributed by atoms with van der Waals surface area (Å²) in [6.45, 7) is 0. The van der Waals surface area contributed by atoms with Gasteiger partial charge in [-0.2, -0.15) is 0 Å². The molecule has 7 aromatic carbocycles. The number of anilines is 5. The van der Waals surface area contributed by atoms with Crippen molar-refractivity contribution in [2.75, 3.05) is 16.8 Å². The van der Waals surface area contributed by atoms with Gasteiger partial charge in [-0.05, 0) is 93.3 Å². The lowest BCUT2D eigenvalue weighted by atomic mass is 10.0. The van der Waals surface area contributed by atoms with Gasteiger partial charge in [-0.3, -0.25) is 0 Å². The van der Waals surface area contributed by atoms with E-state index in [1.165, 1.54) is 32.7 Å². The molecule has 0 fully saturated rings. The molecule has 196 valence electrons. The second kappa shape index (κ2) is 10.7. The van der Waals surface area contributed by atoms with E-state index in [4.69, 9.17) is 0 Å². The van der Waals surface area contributed by atoms with E-state index >= 15 is 0 Å². The first-order valence-electron chi connectivity index (χ1n) is 14.0. The largest absolute Gasteiger partial charge is 0.345 e. The van der Waals surface area contributed by atoms with Crippen LogP contribution in [-0.2, 0) is 0 Å². The quantitative estimate of drug-likeness (QED) is 0.213. The normalized spacial score (nSPS) is 11.0. The Morgan fingerprint density at radius 1 is 0.317 bits per heavy atom. The topological polar surface area (TPSA) is 6.48 Å². The van der Waals surface area contributed by atoms with Crippen molar-refractivity contribution in [3.05, 3.63) is 164 Å². The highest BCUT2D eigenvalue weighted by Gasteiger charge is 2.15. The van der Waals surface area contributed by atoms with Crippen LogP contribution in [0.1, 0.15) is 0 Å². The van der Waals surface area contributed by atoms with Gasteiger partial charge in [-0.15, -0.1) is 0 Å². The van der Waals surface area contributed by atoms with Gasteiger partial charge in [0.2, 0.25) is 0 Å². The number of hydrogen-bond donors (Lipinski definition) is 0. The molecule has 2 nitrogen and oxygen atoms in total. The highest BCUT2D eigenvalue weighted by molar-refractivity contribution is 5.92. The van der Waals surface area contributed by atoms with Gasteiger partial charge < -0.3 is 9.80 Å². The SMILES string of the molecule is CN(c1ccc(N(c2ccc3ccccc3c2)c2ccc3ccccc3c2)cc1)c1cccc(-c2ccccc2)c1. The van der Waals surface area contributed by atoms with E-state index in [2.05, 4.69) is 181 Å². The fraction of sp³-hybridized carbons (Fsp3) is 0.0256. The molecular formula is C39H30N2. The van der Waals surface area contributed by atoms with Gasteiger partial charge in [0.25, 0.3) is 0 Å². The zero-order valence-corrected chi connectivity index (χ0v) is 23.0. The van der Waals surface area contributed by atoms with Crippen molar-refractivity contribution >= 4 is 50.0 Å². The van der Waals surface area contributed by atoms with Crippen LogP contribution in [0.3, 0.4) is 0 Å². The van der Waals surface area contributed by atoms with E-state index < -0.39 is 0 Å². The predicted molar refractivity (Wildman–Crippen MR) is 176 cm³/mol. The Labute approximate surface area is 241 Å². The molecule has 0 aliphatic carbocycles. The lowest BCUT2D eigenvalue weighted by molar-refractivity contribution is 1.20. The Bertz CT molecular complexity index is 1880. The summed E-state index contributed by atoms with van der Waals surface area (Å²) in [7, 11) is 2.13. The van der Waals surface area contributed by atoms with Crippen LogP contribution in [-0.4, -0.2) is 7.05 Å². The maximum Gasteiger partial charge on any atom is 0.0468 e. The summed E-state index contributed by atoms with van der Waals surface area (Å²) >= 11 is 0. The molecule has 0 atom stereocenters. The van der Waals surface area contributed by atoms with Gasteiger partial charge >= 0.3 is 0 Å². The van der Waals surface area contributed by atoms with Crippen molar-refractivity contribution < 1.29 is 0 Å². The first kappa shape index (κ1) is 24.7. The summed E-state index contributed by atoms with van der Waals surface area (Å²) in [5, 5.41) is 4.93. The van der Waals surface area contributed by atoms with Crippen LogP contribution in [0.4, 0.5) is 28.4 Å². The number of fused-ring (bicyclic) bond motifs is 2. The molecule has 0 N–H and O–H groups in total. The van der Waals surface area contributed by atoms with E-state index in [9.17, 15) is 0 Å². The van der Waals surface area contributed by atoms with Gasteiger partial charge in [0.15, 0.2) is 0 Å². The summed E-state index contributed by atoms with van der Waals surface area (Å²) in [5.41, 5.74) is 8.11. The average molecular weight is 527 g/mol. The molecule has 0 spiro atoms. The first-order chi connectivity index (χ1) is 20.2. The molecule has 7 aromatic rings. The Morgan fingerprint density at radius 3 is 1.41 bits per heavy atom. The van der Waals surface area contributed by atoms with Gasteiger partial charge in [0.05, 0.1) is 0 Å². The molecule has 0 heterocycles. The Kier molecular flexibility index (Phi) is 6.42. The third-order valence-electron chi connectivity index (χ3n) is 7.82. The third-order valence-corrected chi connectivity index (χ3v) is 7.82. The minimum atomic E-state index is 1.12. The highest BCUT2D eigenvalue weighted by Crippen LogP contribution is 2.38. The molecule has 0 unspecified atom stereocenters. The van der Waals surface area contributed by atoms with Crippen LogP contribution >= 0.6 is 0 Å². The lowest BCUT2D eigenvalue weighted by Gasteiger charge is -2.27. The van der Waals surface area contributed by atoms with Crippen molar-refractivity contribution in [3.63, 3.8) is 0 Å². The molecule has 0 aromatic heterocycles.